The fourth-order valence-electron chi connectivity index (χ4n) is 6.61. The summed E-state index contributed by atoms with van der Waals surface area (Å²) in [4.78, 5) is 53.6. The van der Waals surface area contributed by atoms with E-state index in [1.54, 1.807) is 0 Å². The van der Waals surface area contributed by atoms with Gasteiger partial charge < -0.3 is 20.3 Å². The van der Waals surface area contributed by atoms with Crippen LogP contribution in [0.3, 0.4) is 0 Å². The molecule has 4 amide bonds. The molecule has 9 nitrogen and oxygen atoms in total. The van der Waals surface area contributed by atoms with Crippen molar-refractivity contribution in [2.24, 2.45) is 17.6 Å². The third-order valence-electron chi connectivity index (χ3n) is 9.18. The highest BCUT2D eigenvalue weighted by atomic mass is 16.5. The van der Waals surface area contributed by atoms with Gasteiger partial charge in [-0.1, -0.05) is 24.0 Å². The van der Waals surface area contributed by atoms with E-state index in [1.165, 1.54) is 0 Å². The molecule has 5 rings (SSSR count). The standard InChI is InChI=1S/C32H42N4O5/c33-26-8-6-23(7-9-26)31(39)35-16-12-24(13-17-35)32(40)36-18-14-27(15-19-36)41-20-2-4-22-3-1-5-25(21-22)28-10-11-29(37)34-30(28)38/h1,3,5,21,23-24,26-28H,6-20,33H2,(H,34,37,38). The van der Waals surface area contributed by atoms with Crippen molar-refractivity contribution in [2.75, 3.05) is 32.8 Å². The zero-order valence-electron chi connectivity index (χ0n) is 23.8. The van der Waals surface area contributed by atoms with Gasteiger partial charge in [-0.3, -0.25) is 24.5 Å². The molecule has 1 atom stereocenters. The third kappa shape index (κ3) is 7.55. The minimum Gasteiger partial charge on any atom is -0.365 e. The minimum atomic E-state index is -0.324. The number of likely N-dealkylation sites (tertiary alicyclic amines) is 2. The predicted octanol–water partition coefficient (Wildman–Crippen LogP) is 2.32. The van der Waals surface area contributed by atoms with Gasteiger partial charge in [0, 0.05) is 56.0 Å². The summed E-state index contributed by atoms with van der Waals surface area (Å²) in [6.45, 7) is 3.03. The highest BCUT2D eigenvalue weighted by Crippen LogP contribution is 2.29. The van der Waals surface area contributed by atoms with Gasteiger partial charge in [0.2, 0.25) is 23.6 Å². The van der Waals surface area contributed by atoms with Crippen molar-refractivity contribution in [2.45, 2.75) is 82.3 Å². The number of rotatable bonds is 5. The number of hydrogen-bond acceptors (Lipinski definition) is 6. The van der Waals surface area contributed by atoms with Crippen molar-refractivity contribution < 1.29 is 23.9 Å². The van der Waals surface area contributed by atoms with Crippen LogP contribution in [0.1, 0.15) is 81.3 Å². The lowest BCUT2D eigenvalue weighted by molar-refractivity contribution is -0.144. The highest BCUT2D eigenvalue weighted by molar-refractivity contribution is 6.00. The number of nitrogens with two attached hydrogens (primary N) is 1. The van der Waals surface area contributed by atoms with Gasteiger partial charge >= 0.3 is 0 Å². The van der Waals surface area contributed by atoms with Crippen molar-refractivity contribution in [3.63, 3.8) is 0 Å². The van der Waals surface area contributed by atoms with Gasteiger partial charge in [-0.05, 0) is 75.5 Å². The second-order valence-corrected chi connectivity index (χ2v) is 12.0. The van der Waals surface area contributed by atoms with Crippen LogP contribution in [0.15, 0.2) is 24.3 Å². The van der Waals surface area contributed by atoms with Crippen molar-refractivity contribution in [1.29, 1.82) is 0 Å². The summed E-state index contributed by atoms with van der Waals surface area (Å²) in [6, 6.07) is 7.82. The molecule has 1 aromatic rings. The Morgan fingerprint density at radius 1 is 0.878 bits per heavy atom. The van der Waals surface area contributed by atoms with Crippen molar-refractivity contribution in [3.05, 3.63) is 35.4 Å². The number of carbonyl (C=O) groups excluding carboxylic acids is 4. The summed E-state index contributed by atoms with van der Waals surface area (Å²) in [6.07, 6.45) is 7.64. The predicted molar refractivity (Wildman–Crippen MR) is 153 cm³/mol. The number of amides is 4. The first-order valence-electron chi connectivity index (χ1n) is 15.2. The van der Waals surface area contributed by atoms with Crippen LogP contribution in [0.2, 0.25) is 0 Å². The molecule has 3 aliphatic heterocycles. The molecule has 3 N–H and O–H groups in total. The molecule has 3 saturated heterocycles. The molecule has 4 fully saturated rings. The van der Waals surface area contributed by atoms with Gasteiger partial charge in [0.25, 0.3) is 0 Å². The maximum atomic E-state index is 13.2. The summed E-state index contributed by atoms with van der Waals surface area (Å²) in [5.74, 6) is 5.98. The largest absolute Gasteiger partial charge is 0.365 e. The van der Waals surface area contributed by atoms with Crippen LogP contribution in [-0.2, 0) is 23.9 Å². The molecule has 1 unspecified atom stereocenters. The lowest BCUT2D eigenvalue weighted by atomic mass is 9.84. The molecule has 1 aromatic carbocycles. The van der Waals surface area contributed by atoms with Crippen LogP contribution in [0.4, 0.5) is 0 Å². The van der Waals surface area contributed by atoms with Gasteiger partial charge in [0.15, 0.2) is 0 Å². The number of imide groups is 1. The van der Waals surface area contributed by atoms with Gasteiger partial charge in [-0.15, -0.1) is 0 Å². The Bertz CT molecular complexity index is 1180. The summed E-state index contributed by atoms with van der Waals surface area (Å²) in [5, 5.41) is 2.41. The number of nitrogens with one attached hydrogen (secondary N) is 1. The van der Waals surface area contributed by atoms with E-state index in [1.807, 2.05) is 34.1 Å². The fraction of sp³-hybridized carbons (Fsp3) is 0.625. The zero-order chi connectivity index (χ0) is 28.8. The topological polar surface area (TPSA) is 122 Å². The molecular formula is C32H42N4O5. The van der Waals surface area contributed by atoms with Gasteiger partial charge in [-0.2, -0.15) is 0 Å². The van der Waals surface area contributed by atoms with Crippen LogP contribution in [0.25, 0.3) is 0 Å². The smallest absolute Gasteiger partial charge is 0.234 e. The number of benzene rings is 1. The number of hydrogen-bond donors (Lipinski definition) is 2. The SMILES string of the molecule is NC1CCC(C(=O)N2CCC(C(=O)N3CCC(OCC#Cc4cccc(C5CCC(=O)NC5=O)c4)CC3)CC2)CC1. The zero-order valence-corrected chi connectivity index (χ0v) is 23.8. The maximum absolute atomic E-state index is 13.2. The Balaban J connectivity index is 1.01. The average molecular weight is 563 g/mol. The van der Waals surface area contributed by atoms with E-state index in [0.717, 1.165) is 62.5 Å². The molecule has 0 spiro atoms. The maximum Gasteiger partial charge on any atom is 0.234 e. The van der Waals surface area contributed by atoms with E-state index in [4.69, 9.17) is 10.5 Å². The third-order valence-corrected chi connectivity index (χ3v) is 9.18. The van der Waals surface area contributed by atoms with Crippen LogP contribution >= 0.6 is 0 Å². The second-order valence-electron chi connectivity index (χ2n) is 12.0. The lowest BCUT2D eigenvalue weighted by Crippen LogP contribution is -2.48. The van der Waals surface area contributed by atoms with Gasteiger partial charge in [-0.25, -0.2) is 0 Å². The first-order valence-corrected chi connectivity index (χ1v) is 15.2. The van der Waals surface area contributed by atoms with Crippen LogP contribution in [0, 0.1) is 23.7 Å². The van der Waals surface area contributed by atoms with E-state index < -0.39 is 0 Å². The molecule has 3 heterocycles. The quantitative estimate of drug-likeness (QED) is 0.420. The summed E-state index contributed by atoms with van der Waals surface area (Å²) in [7, 11) is 0. The Hall–Kier alpha value is -3.22. The fourth-order valence-corrected chi connectivity index (χ4v) is 6.61. The van der Waals surface area contributed by atoms with Crippen molar-refractivity contribution in [1.82, 2.24) is 15.1 Å². The lowest BCUT2D eigenvalue weighted by Gasteiger charge is -2.38. The van der Waals surface area contributed by atoms with E-state index in [-0.39, 0.29) is 53.5 Å². The molecular weight excluding hydrogens is 520 g/mol. The Morgan fingerprint density at radius 3 is 2.17 bits per heavy atom. The molecule has 0 radical (unpaired) electrons. The highest BCUT2D eigenvalue weighted by Gasteiger charge is 2.35. The van der Waals surface area contributed by atoms with Gasteiger partial charge in [0.05, 0.1) is 12.0 Å². The molecule has 41 heavy (non-hydrogen) atoms. The first-order chi connectivity index (χ1) is 19.9. The number of ether oxygens (including phenoxy) is 1. The van der Waals surface area contributed by atoms with E-state index in [9.17, 15) is 19.2 Å². The monoisotopic (exact) mass is 562 g/mol. The molecule has 1 saturated carbocycles. The van der Waals surface area contributed by atoms with E-state index in [2.05, 4.69) is 17.2 Å². The van der Waals surface area contributed by atoms with Crippen molar-refractivity contribution in [3.8, 4) is 11.8 Å². The molecule has 220 valence electrons. The average Bonchev–Trinajstić information content (AvgIpc) is 2.99. The Morgan fingerprint density at radius 2 is 1.51 bits per heavy atom. The summed E-state index contributed by atoms with van der Waals surface area (Å²) < 4.78 is 5.99. The van der Waals surface area contributed by atoms with Crippen LogP contribution in [-0.4, -0.2) is 78.4 Å². The summed E-state index contributed by atoms with van der Waals surface area (Å²) >= 11 is 0. The minimum absolute atomic E-state index is 0.00176. The Labute approximate surface area is 242 Å². The van der Waals surface area contributed by atoms with E-state index in [0.29, 0.717) is 45.6 Å². The van der Waals surface area contributed by atoms with Gasteiger partial charge in [0.1, 0.15) is 6.61 Å². The second kappa shape index (κ2) is 13.6. The first kappa shape index (κ1) is 29.3. The van der Waals surface area contributed by atoms with Crippen LogP contribution in [0.5, 0.6) is 0 Å². The molecule has 4 aliphatic rings. The number of piperidine rings is 3. The molecule has 9 heteroatoms. The van der Waals surface area contributed by atoms with Crippen molar-refractivity contribution >= 4 is 23.6 Å². The molecule has 0 aromatic heterocycles. The molecule has 0 bridgehead atoms. The van der Waals surface area contributed by atoms with Crippen LogP contribution < -0.4 is 11.1 Å². The summed E-state index contributed by atoms with van der Waals surface area (Å²) in [5.41, 5.74) is 7.67. The van der Waals surface area contributed by atoms with E-state index >= 15 is 0 Å². The number of nitrogens with zero attached hydrogens (tertiary/aromatic N) is 2. The Kier molecular flexibility index (Phi) is 9.73. The number of carbonyl (C=O) groups is 4. The normalized spacial score (nSPS) is 26.2. The molecule has 1 aliphatic carbocycles.